The molecule has 1 aromatic carbocycles. The maximum atomic E-state index is 12.4. The van der Waals surface area contributed by atoms with Crippen LogP contribution in [-0.4, -0.2) is 55.7 Å². The third kappa shape index (κ3) is 4.94. The molecule has 0 radical (unpaired) electrons. The van der Waals surface area contributed by atoms with Crippen LogP contribution in [0.5, 0.6) is 0 Å². The molecule has 1 aromatic rings. The molecular formula is C16H23BrN3O3+. The fraction of sp³-hybridized carbons (Fsp3) is 0.500. The third-order valence-electron chi connectivity index (χ3n) is 4.05. The van der Waals surface area contributed by atoms with Gasteiger partial charge in [0.15, 0.2) is 6.04 Å². The second kappa shape index (κ2) is 8.31. The van der Waals surface area contributed by atoms with Crippen LogP contribution in [0.1, 0.15) is 13.8 Å². The number of nitrogens with zero attached hydrogens (tertiary/aromatic N) is 1. The number of hydrogen-bond acceptors (Lipinski definition) is 3. The van der Waals surface area contributed by atoms with Gasteiger partial charge >= 0.3 is 6.09 Å². The van der Waals surface area contributed by atoms with Crippen LogP contribution in [0, 0.1) is 0 Å². The Balaban J connectivity index is 1.84. The molecule has 1 fully saturated rings. The van der Waals surface area contributed by atoms with E-state index in [-0.39, 0.29) is 18.0 Å². The molecule has 1 atom stereocenters. The zero-order valence-electron chi connectivity index (χ0n) is 13.5. The van der Waals surface area contributed by atoms with Gasteiger partial charge in [0.05, 0.1) is 32.8 Å². The van der Waals surface area contributed by atoms with E-state index in [1.165, 1.54) is 4.90 Å². The van der Waals surface area contributed by atoms with Crippen molar-refractivity contribution in [3.05, 3.63) is 28.7 Å². The number of amides is 2. The van der Waals surface area contributed by atoms with E-state index in [2.05, 4.69) is 21.2 Å². The quantitative estimate of drug-likeness (QED) is 0.817. The van der Waals surface area contributed by atoms with Crippen LogP contribution in [0.15, 0.2) is 28.7 Å². The third-order valence-corrected chi connectivity index (χ3v) is 4.58. The SMILES string of the molecule is CCOC(=O)N1CC[NH+]([C@@H](C)C(=O)Nc2ccc(Br)cc2)CC1. The van der Waals surface area contributed by atoms with Gasteiger partial charge in [-0.1, -0.05) is 15.9 Å². The summed E-state index contributed by atoms with van der Waals surface area (Å²) in [4.78, 5) is 26.9. The van der Waals surface area contributed by atoms with Gasteiger partial charge in [-0.05, 0) is 38.1 Å². The minimum atomic E-state index is -0.265. The highest BCUT2D eigenvalue weighted by atomic mass is 79.9. The number of anilines is 1. The van der Waals surface area contributed by atoms with Crippen LogP contribution >= 0.6 is 15.9 Å². The van der Waals surface area contributed by atoms with Crippen molar-refractivity contribution in [3.8, 4) is 0 Å². The van der Waals surface area contributed by atoms with Crippen molar-refractivity contribution in [2.75, 3.05) is 38.1 Å². The fourth-order valence-electron chi connectivity index (χ4n) is 2.59. The number of hydrogen-bond donors (Lipinski definition) is 2. The minimum absolute atomic E-state index is 0.00749. The molecule has 2 rings (SSSR count). The van der Waals surface area contributed by atoms with Crippen molar-refractivity contribution in [2.24, 2.45) is 0 Å². The minimum Gasteiger partial charge on any atom is -0.450 e. The highest BCUT2D eigenvalue weighted by Gasteiger charge is 2.31. The lowest BCUT2D eigenvalue weighted by atomic mass is 10.2. The van der Waals surface area contributed by atoms with Crippen LogP contribution in [-0.2, 0) is 9.53 Å². The average molecular weight is 385 g/mol. The summed E-state index contributed by atoms with van der Waals surface area (Å²) in [6.07, 6.45) is -0.265. The first-order chi connectivity index (χ1) is 11.0. The van der Waals surface area contributed by atoms with Gasteiger partial charge in [0.25, 0.3) is 5.91 Å². The summed E-state index contributed by atoms with van der Waals surface area (Å²) in [6, 6.07) is 7.35. The molecule has 6 nitrogen and oxygen atoms in total. The molecule has 0 aliphatic carbocycles. The number of carbonyl (C=O) groups is 2. The summed E-state index contributed by atoms with van der Waals surface area (Å²) in [7, 11) is 0. The van der Waals surface area contributed by atoms with E-state index >= 15 is 0 Å². The summed E-state index contributed by atoms with van der Waals surface area (Å²) >= 11 is 3.37. The monoisotopic (exact) mass is 384 g/mol. The second-order valence-corrected chi connectivity index (χ2v) is 6.48. The molecular weight excluding hydrogens is 362 g/mol. The summed E-state index contributed by atoms with van der Waals surface area (Å²) in [5, 5.41) is 2.93. The van der Waals surface area contributed by atoms with Gasteiger partial charge in [0.2, 0.25) is 0 Å². The lowest BCUT2D eigenvalue weighted by Gasteiger charge is -2.34. The van der Waals surface area contributed by atoms with E-state index in [4.69, 9.17) is 4.74 Å². The lowest BCUT2D eigenvalue weighted by Crippen LogP contribution is -3.19. The van der Waals surface area contributed by atoms with Gasteiger partial charge < -0.3 is 15.0 Å². The zero-order valence-corrected chi connectivity index (χ0v) is 15.1. The van der Waals surface area contributed by atoms with Crippen molar-refractivity contribution in [1.82, 2.24) is 4.90 Å². The standard InChI is InChI=1S/C16H22BrN3O3/c1-3-23-16(22)20-10-8-19(9-11-20)12(2)15(21)18-14-6-4-13(17)5-7-14/h4-7,12H,3,8-11H2,1-2H3,(H,18,21)/p+1/t12-/m0/s1. The molecule has 1 heterocycles. The Morgan fingerprint density at radius 3 is 2.48 bits per heavy atom. The summed E-state index contributed by atoms with van der Waals surface area (Å²) in [5.41, 5.74) is 0.787. The predicted octanol–water partition coefficient (Wildman–Crippen LogP) is 1.13. The largest absolute Gasteiger partial charge is 0.450 e. The van der Waals surface area contributed by atoms with E-state index < -0.39 is 0 Å². The molecule has 1 saturated heterocycles. The molecule has 126 valence electrons. The molecule has 1 aliphatic rings. The number of piperazine rings is 1. The normalized spacial score (nSPS) is 16.7. The first-order valence-corrected chi connectivity index (χ1v) is 8.63. The van der Waals surface area contributed by atoms with Crippen LogP contribution < -0.4 is 10.2 Å². The molecule has 0 bridgehead atoms. The summed E-state index contributed by atoms with van der Waals surface area (Å²) in [6.45, 7) is 6.82. The van der Waals surface area contributed by atoms with E-state index in [9.17, 15) is 9.59 Å². The smallest absolute Gasteiger partial charge is 0.410 e. The topological polar surface area (TPSA) is 63.1 Å². The Hall–Kier alpha value is -1.60. The van der Waals surface area contributed by atoms with Crippen LogP contribution in [0.25, 0.3) is 0 Å². The van der Waals surface area contributed by atoms with Crippen molar-refractivity contribution in [2.45, 2.75) is 19.9 Å². The molecule has 0 aromatic heterocycles. The Morgan fingerprint density at radius 2 is 1.91 bits per heavy atom. The van der Waals surface area contributed by atoms with E-state index in [1.54, 1.807) is 11.8 Å². The highest BCUT2D eigenvalue weighted by Crippen LogP contribution is 2.14. The number of carbonyl (C=O) groups excluding carboxylic acids is 2. The van der Waals surface area contributed by atoms with Gasteiger partial charge in [0, 0.05) is 10.2 Å². The van der Waals surface area contributed by atoms with E-state index in [0.717, 1.165) is 23.2 Å². The number of ether oxygens (including phenoxy) is 1. The number of rotatable bonds is 4. The molecule has 2 N–H and O–H groups in total. The summed E-state index contributed by atoms with van der Waals surface area (Å²) in [5.74, 6) is -0.00749. The molecule has 0 saturated carbocycles. The number of quaternary nitrogens is 1. The van der Waals surface area contributed by atoms with E-state index in [1.807, 2.05) is 31.2 Å². The fourth-order valence-corrected chi connectivity index (χ4v) is 2.86. The Morgan fingerprint density at radius 1 is 1.30 bits per heavy atom. The lowest BCUT2D eigenvalue weighted by molar-refractivity contribution is -0.917. The molecule has 2 amide bonds. The van der Waals surface area contributed by atoms with Crippen LogP contribution in [0.3, 0.4) is 0 Å². The van der Waals surface area contributed by atoms with Gasteiger partial charge in [-0.25, -0.2) is 4.79 Å². The van der Waals surface area contributed by atoms with Gasteiger partial charge in [-0.3, -0.25) is 9.69 Å². The molecule has 0 unspecified atom stereocenters. The van der Waals surface area contributed by atoms with Crippen molar-refractivity contribution in [1.29, 1.82) is 0 Å². The van der Waals surface area contributed by atoms with Crippen molar-refractivity contribution < 1.29 is 19.2 Å². The molecule has 23 heavy (non-hydrogen) atoms. The second-order valence-electron chi connectivity index (χ2n) is 5.56. The summed E-state index contributed by atoms with van der Waals surface area (Å²) < 4.78 is 5.98. The van der Waals surface area contributed by atoms with Crippen LogP contribution in [0.4, 0.5) is 10.5 Å². The maximum Gasteiger partial charge on any atom is 0.410 e. The first kappa shape index (κ1) is 17.7. The predicted molar refractivity (Wildman–Crippen MR) is 91.5 cm³/mol. The zero-order chi connectivity index (χ0) is 16.8. The molecule has 1 aliphatic heterocycles. The van der Waals surface area contributed by atoms with Crippen molar-refractivity contribution >= 4 is 33.6 Å². The number of nitrogens with one attached hydrogen (secondary N) is 2. The number of benzene rings is 1. The maximum absolute atomic E-state index is 12.4. The number of halogens is 1. The molecule has 7 heteroatoms. The highest BCUT2D eigenvalue weighted by molar-refractivity contribution is 9.10. The van der Waals surface area contributed by atoms with Crippen LogP contribution in [0.2, 0.25) is 0 Å². The van der Waals surface area contributed by atoms with E-state index in [0.29, 0.717) is 19.7 Å². The van der Waals surface area contributed by atoms with Gasteiger partial charge in [-0.15, -0.1) is 0 Å². The van der Waals surface area contributed by atoms with Gasteiger partial charge in [-0.2, -0.15) is 0 Å². The molecule has 0 spiro atoms. The first-order valence-electron chi connectivity index (χ1n) is 7.84. The Labute approximate surface area is 144 Å². The average Bonchev–Trinajstić information content (AvgIpc) is 2.56. The Bertz CT molecular complexity index is 542. The Kier molecular flexibility index (Phi) is 6.41. The van der Waals surface area contributed by atoms with Gasteiger partial charge in [0.1, 0.15) is 0 Å². The van der Waals surface area contributed by atoms with Crippen molar-refractivity contribution in [3.63, 3.8) is 0 Å².